The maximum Gasteiger partial charge on any atom is 0.225 e. The first-order valence-corrected chi connectivity index (χ1v) is 10.2. The molecule has 0 bridgehead atoms. The Hall–Kier alpha value is -0.840. The number of nitrogens with zero attached hydrogens (tertiary/aromatic N) is 1. The van der Waals surface area contributed by atoms with Crippen molar-refractivity contribution in [1.29, 1.82) is 0 Å². The molecule has 0 unspecified atom stereocenters. The van der Waals surface area contributed by atoms with Gasteiger partial charge < -0.3 is 10.0 Å². The largest absolute Gasteiger partial charge is 0.376 e. The fourth-order valence-corrected chi connectivity index (χ4v) is 5.29. The summed E-state index contributed by atoms with van der Waals surface area (Å²) in [6.45, 7) is 2.08. The molecule has 1 aromatic rings. The molecule has 1 atom stereocenters. The Morgan fingerprint density at radius 1 is 1.08 bits per heavy atom. The van der Waals surface area contributed by atoms with Gasteiger partial charge in [-0.15, -0.1) is 0 Å². The highest BCUT2D eigenvalue weighted by Gasteiger charge is 2.46. The van der Waals surface area contributed by atoms with Crippen LogP contribution in [0.25, 0.3) is 0 Å². The summed E-state index contributed by atoms with van der Waals surface area (Å²) < 4.78 is 0. The predicted molar refractivity (Wildman–Crippen MR) is 100 cm³/mol. The van der Waals surface area contributed by atoms with Gasteiger partial charge in [-0.2, -0.15) is 0 Å². The summed E-state index contributed by atoms with van der Waals surface area (Å²) >= 11 is 1.40. The Morgan fingerprint density at radius 2 is 1.71 bits per heavy atom. The number of piperidine rings is 1. The van der Waals surface area contributed by atoms with Crippen LogP contribution in [0.5, 0.6) is 0 Å². The van der Waals surface area contributed by atoms with Gasteiger partial charge in [-0.3, -0.25) is 4.79 Å². The van der Waals surface area contributed by atoms with Gasteiger partial charge in [0, 0.05) is 5.25 Å². The van der Waals surface area contributed by atoms with Crippen molar-refractivity contribution < 1.29 is 9.90 Å². The van der Waals surface area contributed by atoms with Gasteiger partial charge >= 0.3 is 0 Å². The predicted octanol–water partition coefficient (Wildman–Crippen LogP) is 3.81. The molecule has 4 heteroatoms. The third kappa shape index (κ3) is 3.87. The van der Waals surface area contributed by atoms with E-state index < -0.39 is 5.60 Å². The molecular weight excluding hydrogens is 318 g/mol. The van der Waals surface area contributed by atoms with E-state index in [1.54, 1.807) is 0 Å². The molecule has 2 aliphatic rings. The maximum absolute atomic E-state index is 13.2. The first-order valence-electron chi connectivity index (χ1n) is 9.28. The van der Waals surface area contributed by atoms with Crippen molar-refractivity contribution in [2.45, 2.75) is 55.8 Å². The Balaban J connectivity index is 1.80. The molecule has 2 fully saturated rings. The zero-order valence-electron chi connectivity index (χ0n) is 14.6. The summed E-state index contributed by atoms with van der Waals surface area (Å²) in [5.41, 5.74) is -0.544. The quantitative estimate of drug-likeness (QED) is 0.899. The Bertz CT molecular complexity index is 536. The third-order valence-electron chi connectivity index (χ3n) is 5.66. The van der Waals surface area contributed by atoms with Crippen molar-refractivity contribution in [2.75, 3.05) is 20.1 Å². The van der Waals surface area contributed by atoms with Gasteiger partial charge in [0.2, 0.25) is 5.12 Å². The first-order chi connectivity index (χ1) is 11.6. The molecule has 1 aliphatic heterocycles. The number of carbonyl (C=O) groups excluding carboxylic acids is 1. The molecule has 24 heavy (non-hydrogen) atoms. The summed E-state index contributed by atoms with van der Waals surface area (Å²) in [6.07, 6.45) is 7.41. The highest BCUT2D eigenvalue weighted by Crippen LogP contribution is 2.43. The molecule has 0 radical (unpaired) electrons. The molecule has 0 amide bonds. The maximum atomic E-state index is 13.2. The average Bonchev–Trinajstić information content (AvgIpc) is 2.64. The minimum Gasteiger partial charge on any atom is -0.376 e. The fourth-order valence-electron chi connectivity index (χ4n) is 4.08. The van der Waals surface area contributed by atoms with E-state index in [9.17, 15) is 9.90 Å². The molecule has 3 nitrogen and oxygen atoms in total. The van der Waals surface area contributed by atoms with Crippen molar-refractivity contribution in [2.24, 2.45) is 5.92 Å². The summed E-state index contributed by atoms with van der Waals surface area (Å²) in [5, 5.41) is 11.9. The molecule has 0 aromatic heterocycles. The normalized spacial score (nSPS) is 23.8. The van der Waals surface area contributed by atoms with E-state index in [-0.39, 0.29) is 11.0 Å². The second-order valence-corrected chi connectivity index (χ2v) is 8.65. The van der Waals surface area contributed by atoms with Gasteiger partial charge in [0.05, 0.1) is 0 Å². The number of rotatable bonds is 4. The highest BCUT2D eigenvalue weighted by atomic mass is 32.2. The lowest BCUT2D eigenvalue weighted by Gasteiger charge is -2.38. The molecule has 0 spiro atoms. The van der Waals surface area contributed by atoms with Crippen LogP contribution < -0.4 is 0 Å². The third-order valence-corrected chi connectivity index (χ3v) is 6.99. The van der Waals surface area contributed by atoms with Gasteiger partial charge in [-0.1, -0.05) is 61.4 Å². The molecule has 1 aromatic carbocycles. The number of likely N-dealkylation sites (tertiary alicyclic amines) is 1. The highest BCUT2D eigenvalue weighted by molar-refractivity contribution is 8.14. The van der Waals surface area contributed by atoms with Crippen LogP contribution in [0.1, 0.15) is 50.5 Å². The van der Waals surface area contributed by atoms with Crippen molar-refractivity contribution >= 4 is 16.9 Å². The average molecular weight is 348 g/mol. The van der Waals surface area contributed by atoms with E-state index in [4.69, 9.17) is 0 Å². The van der Waals surface area contributed by atoms with Gasteiger partial charge in [-0.05, 0) is 57.3 Å². The zero-order valence-corrected chi connectivity index (χ0v) is 15.4. The molecule has 1 saturated heterocycles. The van der Waals surface area contributed by atoms with Gasteiger partial charge in [0.1, 0.15) is 0 Å². The van der Waals surface area contributed by atoms with E-state index in [1.165, 1.54) is 18.2 Å². The van der Waals surface area contributed by atoms with Crippen LogP contribution in [0.15, 0.2) is 30.3 Å². The van der Waals surface area contributed by atoms with E-state index >= 15 is 0 Å². The SMILES string of the molecule is CN1CCC(SC(=O)[C@](O)(c2ccccc2)C2CCCCC2)CC1. The van der Waals surface area contributed by atoms with Crippen LogP contribution in [0, 0.1) is 5.92 Å². The number of aliphatic hydroxyl groups is 1. The molecule has 132 valence electrons. The lowest BCUT2D eigenvalue weighted by Crippen LogP contribution is -2.44. The fraction of sp³-hybridized carbons (Fsp3) is 0.650. The first kappa shape index (κ1) is 18.0. The topological polar surface area (TPSA) is 40.5 Å². The van der Waals surface area contributed by atoms with Gasteiger partial charge in [0.25, 0.3) is 0 Å². The summed E-state index contributed by atoms with van der Waals surface area (Å²) in [6, 6.07) is 9.64. The Morgan fingerprint density at radius 3 is 2.33 bits per heavy atom. The number of hydrogen-bond acceptors (Lipinski definition) is 4. The summed E-state index contributed by atoms with van der Waals surface area (Å²) in [7, 11) is 2.13. The number of carbonyl (C=O) groups is 1. The van der Waals surface area contributed by atoms with E-state index in [0.717, 1.165) is 57.2 Å². The van der Waals surface area contributed by atoms with Crippen LogP contribution >= 0.6 is 11.8 Å². The van der Waals surface area contributed by atoms with Crippen LogP contribution in [-0.4, -0.2) is 40.5 Å². The molecular formula is C20H29NO2S. The Kier molecular flexibility index (Phi) is 6.01. The molecule has 1 N–H and O–H groups in total. The van der Waals surface area contributed by atoms with Crippen molar-refractivity contribution in [1.82, 2.24) is 4.90 Å². The number of thioether (sulfide) groups is 1. The van der Waals surface area contributed by atoms with Crippen molar-refractivity contribution in [3.05, 3.63) is 35.9 Å². The van der Waals surface area contributed by atoms with Crippen LogP contribution in [0.4, 0.5) is 0 Å². The van der Waals surface area contributed by atoms with Crippen LogP contribution in [0.2, 0.25) is 0 Å². The molecule has 1 aliphatic carbocycles. The van der Waals surface area contributed by atoms with Crippen molar-refractivity contribution in [3.8, 4) is 0 Å². The molecule has 1 saturated carbocycles. The van der Waals surface area contributed by atoms with Gasteiger partial charge in [-0.25, -0.2) is 0 Å². The van der Waals surface area contributed by atoms with Gasteiger partial charge in [0.15, 0.2) is 5.60 Å². The summed E-state index contributed by atoms with van der Waals surface area (Å²) in [4.78, 5) is 15.5. The second-order valence-electron chi connectivity index (χ2n) is 7.38. The smallest absolute Gasteiger partial charge is 0.225 e. The van der Waals surface area contributed by atoms with Crippen LogP contribution in [0.3, 0.4) is 0 Å². The lowest BCUT2D eigenvalue weighted by atomic mass is 9.74. The summed E-state index contributed by atoms with van der Waals surface area (Å²) in [5.74, 6) is 0.0555. The number of hydrogen-bond donors (Lipinski definition) is 1. The van der Waals surface area contributed by atoms with Crippen LogP contribution in [-0.2, 0) is 10.4 Å². The van der Waals surface area contributed by atoms with E-state index in [0.29, 0.717) is 5.25 Å². The molecule has 3 rings (SSSR count). The Labute approximate surface area is 149 Å². The second kappa shape index (κ2) is 8.03. The minimum absolute atomic E-state index is 0.0323. The zero-order chi connectivity index (χ0) is 17.0. The van der Waals surface area contributed by atoms with E-state index in [2.05, 4.69) is 11.9 Å². The number of benzene rings is 1. The van der Waals surface area contributed by atoms with Crippen molar-refractivity contribution in [3.63, 3.8) is 0 Å². The minimum atomic E-state index is -1.32. The molecule has 1 heterocycles. The standard InChI is InChI=1S/C20H29NO2S/c1-21-14-12-18(13-15-21)24-19(22)20(23,16-8-4-2-5-9-16)17-10-6-3-7-11-17/h2,4-5,8-9,17-18,23H,3,6-7,10-15H2,1H3/t20-/m0/s1. The van der Waals surface area contributed by atoms with E-state index in [1.807, 2.05) is 30.3 Å². The monoisotopic (exact) mass is 347 g/mol. The lowest BCUT2D eigenvalue weighted by molar-refractivity contribution is -0.136.